The number of ketones is 1. The number of hydrogen-bond donors (Lipinski definition) is 3. The number of fused-ring (bicyclic) bond motifs is 1. The highest BCUT2D eigenvalue weighted by molar-refractivity contribution is 7.91. The van der Waals surface area contributed by atoms with Gasteiger partial charge in [0, 0.05) is 35.6 Å². The van der Waals surface area contributed by atoms with E-state index in [4.69, 9.17) is 0 Å². The number of sulfonamides is 1. The minimum atomic E-state index is -3.86. The number of phenols is 1. The molecule has 208 valence electrons. The van der Waals surface area contributed by atoms with E-state index in [0.29, 0.717) is 29.3 Å². The van der Waals surface area contributed by atoms with Gasteiger partial charge in [0.15, 0.2) is 5.78 Å². The molecule has 1 saturated heterocycles. The SMILES string of the molecule is C=C[C@@H]1C[C@]1(NC(=O)[C@@H]1C[C@@H](F)CN1C(=O)Cn1cc(C(C)=O)c2ccc(O)cc21)C(=O)NS(=O)(=O)C1CC1. The predicted octanol–water partition coefficient (Wildman–Crippen LogP) is 1.16. The number of nitrogens with one attached hydrogen (secondary N) is 2. The Balaban J connectivity index is 1.35. The number of carbonyl (C=O) groups is 4. The molecule has 4 atom stereocenters. The number of rotatable bonds is 9. The van der Waals surface area contributed by atoms with Crippen molar-refractivity contribution in [2.45, 2.75) is 62.2 Å². The van der Waals surface area contributed by atoms with Gasteiger partial charge >= 0.3 is 0 Å². The lowest BCUT2D eigenvalue weighted by atomic mass is 10.1. The van der Waals surface area contributed by atoms with Crippen LogP contribution in [0, 0.1) is 5.92 Å². The van der Waals surface area contributed by atoms with Gasteiger partial charge in [0.05, 0.1) is 17.3 Å². The van der Waals surface area contributed by atoms with E-state index in [1.165, 1.54) is 35.9 Å². The number of alkyl halides is 1. The van der Waals surface area contributed by atoms with Gasteiger partial charge in [-0.15, -0.1) is 6.58 Å². The minimum absolute atomic E-state index is 0.0693. The van der Waals surface area contributed by atoms with Crippen molar-refractivity contribution < 1.29 is 37.1 Å². The van der Waals surface area contributed by atoms with Crippen molar-refractivity contribution in [2.24, 2.45) is 5.92 Å². The molecule has 2 saturated carbocycles. The maximum Gasteiger partial charge on any atom is 0.259 e. The van der Waals surface area contributed by atoms with Crippen molar-refractivity contribution in [1.82, 2.24) is 19.5 Å². The van der Waals surface area contributed by atoms with Gasteiger partial charge in [-0.2, -0.15) is 0 Å². The molecule has 39 heavy (non-hydrogen) atoms. The Morgan fingerprint density at radius 3 is 2.59 bits per heavy atom. The molecular weight excluding hydrogens is 531 g/mol. The summed E-state index contributed by atoms with van der Waals surface area (Å²) in [6.45, 7) is 4.35. The summed E-state index contributed by atoms with van der Waals surface area (Å²) >= 11 is 0. The van der Waals surface area contributed by atoms with Crippen LogP contribution in [0.4, 0.5) is 4.39 Å². The quantitative estimate of drug-likeness (QED) is 0.307. The Bertz CT molecular complexity index is 1520. The van der Waals surface area contributed by atoms with E-state index in [1.54, 1.807) is 6.07 Å². The van der Waals surface area contributed by atoms with E-state index in [9.17, 15) is 37.1 Å². The van der Waals surface area contributed by atoms with Crippen LogP contribution >= 0.6 is 0 Å². The van der Waals surface area contributed by atoms with E-state index in [2.05, 4.69) is 16.6 Å². The lowest BCUT2D eigenvalue weighted by Crippen LogP contribution is -2.56. The third kappa shape index (κ3) is 4.90. The number of Topliss-reactive ketones (excluding diaryl/α,β-unsaturated/α-hetero) is 1. The summed E-state index contributed by atoms with van der Waals surface area (Å²) in [5.41, 5.74) is -0.783. The molecule has 13 heteroatoms. The maximum absolute atomic E-state index is 14.5. The van der Waals surface area contributed by atoms with Gasteiger partial charge < -0.3 is 19.9 Å². The fourth-order valence-corrected chi connectivity index (χ4v) is 6.62. The summed E-state index contributed by atoms with van der Waals surface area (Å²) in [5, 5.41) is 12.4. The summed E-state index contributed by atoms with van der Waals surface area (Å²) < 4.78 is 42.7. The summed E-state index contributed by atoms with van der Waals surface area (Å²) in [7, 11) is -3.86. The zero-order valence-corrected chi connectivity index (χ0v) is 22.0. The Labute approximate surface area is 224 Å². The smallest absolute Gasteiger partial charge is 0.259 e. The molecule has 3 N–H and O–H groups in total. The van der Waals surface area contributed by atoms with Crippen molar-refractivity contribution >= 4 is 44.4 Å². The van der Waals surface area contributed by atoms with Crippen LogP contribution in [0.1, 0.15) is 43.0 Å². The summed E-state index contributed by atoms with van der Waals surface area (Å²) in [6, 6.07) is 3.16. The molecule has 3 fully saturated rings. The zero-order chi connectivity index (χ0) is 28.3. The van der Waals surface area contributed by atoms with Crippen LogP contribution in [0.25, 0.3) is 10.9 Å². The standard InChI is InChI=1S/C26H29FN4O7S/c1-3-15-10-26(15,25(36)29-39(37,38)18-5-6-18)28-24(35)22-8-16(27)11-31(22)23(34)13-30-12-20(14(2)32)19-7-4-17(33)9-21(19)30/h3-4,7,9,12,15-16,18,22,33H,1,5-6,8,10-11,13H2,2H3,(H,28,35)(H,29,36)/t15-,16-,22+,26-/m1/s1. The van der Waals surface area contributed by atoms with Crippen molar-refractivity contribution in [1.29, 1.82) is 0 Å². The second-order valence-electron chi connectivity index (χ2n) is 10.5. The average Bonchev–Trinajstić information content (AvgIpc) is 3.77. The first-order valence-electron chi connectivity index (χ1n) is 12.6. The van der Waals surface area contributed by atoms with Crippen LogP contribution in [0.5, 0.6) is 5.75 Å². The Morgan fingerprint density at radius 1 is 1.26 bits per heavy atom. The molecule has 11 nitrogen and oxygen atoms in total. The van der Waals surface area contributed by atoms with Gasteiger partial charge in [-0.3, -0.25) is 23.9 Å². The zero-order valence-electron chi connectivity index (χ0n) is 21.2. The van der Waals surface area contributed by atoms with Gasteiger partial charge in [-0.05, 0) is 38.3 Å². The fraction of sp³-hybridized carbons (Fsp3) is 0.462. The normalized spacial score (nSPS) is 26.3. The third-order valence-corrected chi connectivity index (χ3v) is 9.49. The van der Waals surface area contributed by atoms with Crippen LogP contribution in [-0.4, -0.2) is 76.0 Å². The summed E-state index contributed by atoms with van der Waals surface area (Å²) in [6.07, 6.45) is 2.17. The monoisotopic (exact) mass is 560 g/mol. The van der Waals surface area contributed by atoms with Crippen LogP contribution in [-0.2, 0) is 31.0 Å². The lowest BCUT2D eigenvalue weighted by molar-refractivity contribution is -0.140. The topological polar surface area (TPSA) is 155 Å². The van der Waals surface area contributed by atoms with Crippen molar-refractivity contribution in [2.75, 3.05) is 6.54 Å². The summed E-state index contributed by atoms with van der Waals surface area (Å²) in [4.78, 5) is 52.8. The van der Waals surface area contributed by atoms with Crippen LogP contribution in [0.15, 0.2) is 37.1 Å². The number of aromatic hydroxyl groups is 1. The number of phenolic OH excluding ortho intramolecular Hbond substituents is 1. The number of amides is 3. The molecular formula is C26H29FN4O7S. The molecule has 2 aromatic rings. The number of carbonyl (C=O) groups excluding carboxylic acids is 4. The van der Waals surface area contributed by atoms with E-state index in [1.807, 2.05) is 0 Å². The molecule has 3 aliphatic rings. The molecule has 3 amide bonds. The Hall–Kier alpha value is -3.74. The molecule has 1 aliphatic heterocycles. The molecule has 0 bridgehead atoms. The van der Waals surface area contributed by atoms with Crippen LogP contribution in [0.2, 0.25) is 0 Å². The van der Waals surface area contributed by atoms with Crippen molar-refractivity contribution in [3.8, 4) is 5.75 Å². The van der Waals surface area contributed by atoms with E-state index in [0.717, 1.165) is 4.90 Å². The predicted molar refractivity (Wildman–Crippen MR) is 138 cm³/mol. The molecule has 0 unspecified atom stereocenters. The first-order valence-corrected chi connectivity index (χ1v) is 14.2. The van der Waals surface area contributed by atoms with E-state index in [-0.39, 0.29) is 37.5 Å². The molecule has 1 aromatic carbocycles. The largest absolute Gasteiger partial charge is 0.508 e. The van der Waals surface area contributed by atoms with Crippen molar-refractivity contribution in [3.05, 3.63) is 42.6 Å². The number of nitrogens with zero attached hydrogens (tertiary/aromatic N) is 2. The Kier molecular flexibility index (Phi) is 6.52. The Morgan fingerprint density at radius 2 is 1.97 bits per heavy atom. The fourth-order valence-electron chi connectivity index (χ4n) is 5.26. The minimum Gasteiger partial charge on any atom is -0.508 e. The second-order valence-corrected chi connectivity index (χ2v) is 12.5. The van der Waals surface area contributed by atoms with Crippen LogP contribution < -0.4 is 10.0 Å². The first-order chi connectivity index (χ1) is 18.4. The van der Waals surface area contributed by atoms with Gasteiger partial charge in [-0.1, -0.05) is 6.08 Å². The number of hydrogen-bond acceptors (Lipinski definition) is 7. The summed E-state index contributed by atoms with van der Waals surface area (Å²) in [5.74, 6) is -3.09. The molecule has 1 aromatic heterocycles. The maximum atomic E-state index is 14.5. The molecule has 0 spiro atoms. The van der Waals surface area contributed by atoms with Gasteiger partial charge in [0.25, 0.3) is 5.91 Å². The highest BCUT2D eigenvalue weighted by Crippen LogP contribution is 2.45. The highest BCUT2D eigenvalue weighted by atomic mass is 32.2. The highest BCUT2D eigenvalue weighted by Gasteiger charge is 2.61. The molecule has 0 radical (unpaired) electrons. The number of halogens is 1. The number of aromatic nitrogens is 1. The molecule has 5 rings (SSSR count). The van der Waals surface area contributed by atoms with Gasteiger partial charge in [0.2, 0.25) is 21.8 Å². The van der Waals surface area contributed by atoms with E-state index >= 15 is 0 Å². The van der Waals surface area contributed by atoms with Gasteiger partial charge in [-0.25, -0.2) is 12.8 Å². The third-order valence-electron chi connectivity index (χ3n) is 7.67. The van der Waals surface area contributed by atoms with Gasteiger partial charge in [0.1, 0.15) is 30.0 Å². The lowest BCUT2D eigenvalue weighted by Gasteiger charge is -2.26. The van der Waals surface area contributed by atoms with E-state index < -0.39 is 56.7 Å². The second kappa shape index (κ2) is 9.47. The first kappa shape index (κ1) is 26.9. The van der Waals surface area contributed by atoms with Crippen molar-refractivity contribution in [3.63, 3.8) is 0 Å². The molecule has 2 aliphatic carbocycles. The number of likely N-dealkylation sites (tertiary alicyclic amines) is 1. The number of benzene rings is 1. The molecule has 2 heterocycles. The van der Waals surface area contributed by atoms with Crippen LogP contribution in [0.3, 0.4) is 0 Å². The average molecular weight is 561 g/mol.